The van der Waals surface area contributed by atoms with Gasteiger partial charge in [-0.3, -0.25) is 4.79 Å². The third-order valence-electron chi connectivity index (χ3n) is 3.87. The molecule has 1 amide bonds. The Balaban J connectivity index is 2.19. The Kier molecular flexibility index (Phi) is 6.43. The summed E-state index contributed by atoms with van der Waals surface area (Å²) in [6.07, 6.45) is -0.0763. The summed E-state index contributed by atoms with van der Waals surface area (Å²) in [6.45, 7) is 0. The Bertz CT molecular complexity index is 750. The van der Waals surface area contributed by atoms with Gasteiger partial charge in [-0.15, -0.1) is 0 Å². The maximum absolute atomic E-state index is 12.4. The highest BCUT2D eigenvalue weighted by atomic mass is 16.5. The summed E-state index contributed by atoms with van der Waals surface area (Å²) in [4.78, 5) is 24.0. The molecule has 26 heavy (non-hydrogen) atoms. The van der Waals surface area contributed by atoms with Crippen LogP contribution >= 0.6 is 0 Å². The maximum Gasteiger partial charge on any atom is 0.330 e. The fourth-order valence-corrected chi connectivity index (χ4v) is 2.56. The number of benzene rings is 2. The second-order valence-electron chi connectivity index (χ2n) is 5.43. The standard InChI is InChI=1S/C19H21NO6/c1-24-13-9-7-12(8-10-13)18(19(22)23)20-17(21)11-14-15(25-2)5-4-6-16(14)26-3/h4-10,18H,11H2,1-3H3,(H,20,21)(H,22,23). The largest absolute Gasteiger partial charge is 0.497 e. The minimum atomic E-state index is -1.17. The van der Waals surface area contributed by atoms with E-state index in [0.717, 1.165) is 0 Å². The van der Waals surface area contributed by atoms with Gasteiger partial charge in [0.05, 0.1) is 27.8 Å². The van der Waals surface area contributed by atoms with Crippen molar-refractivity contribution in [1.82, 2.24) is 5.32 Å². The lowest BCUT2D eigenvalue weighted by Gasteiger charge is -2.17. The Labute approximate surface area is 151 Å². The van der Waals surface area contributed by atoms with Crippen molar-refractivity contribution in [3.05, 3.63) is 53.6 Å². The third kappa shape index (κ3) is 4.44. The van der Waals surface area contributed by atoms with E-state index in [1.54, 1.807) is 42.5 Å². The van der Waals surface area contributed by atoms with E-state index < -0.39 is 17.9 Å². The van der Waals surface area contributed by atoms with Crippen LogP contribution < -0.4 is 19.5 Å². The molecule has 0 heterocycles. The molecule has 138 valence electrons. The molecule has 0 saturated carbocycles. The number of carboxylic acid groups (broad SMARTS) is 1. The number of methoxy groups -OCH3 is 3. The maximum atomic E-state index is 12.4. The Hall–Kier alpha value is -3.22. The second-order valence-corrected chi connectivity index (χ2v) is 5.43. The molecule has 0 aliphatic heterocycles. The zero-order valence-corrected chi connectivity index (χ0v) is 14.8. The van der Waals surface area contributed by atoms with E-state index in [-0.39, 0.29) is 6.42 Å². The molecule has 0 aliphatic rings. The summed E-state index contributed by atoms with van der Waals surface area (Å²) in [6, 6.07) is 10.5. The lowest BCUT2D eigenvalue weighted by molar-refractivity contribution is -0.142. The number of carbonyl (C=O) groups excluding carboxylic acids is 1. The molecule has 0 aliphatic carbocycles. The number of hydrogen-bond acceptors (Lipinski definition) is 5. The summed E-state index contributed by atoms with van der Waals surface area (Å²) in [5, 5.41) is 12.0. The molecule has 0 spiro atoms. The summed E-state index contributed by atoms with van der Waals surface area (Å²) in [5.41, 5.74) is 0.993. The second kappa shape index (κ2) is 8.75. The van der Waals surface area contributed by atoms with Crippen LogP contribution in [-0.4, -0.2) is 38.3 Å². The van der Waals surface area contributed by atoms with E-state index in [2.05, 4.69) is 5.32 Å². The number of carboxylic acids is 1. The van der Waals surface area contributed by atoms with Crippen molar-refractivity contribution >= 4 is 11.9 Å². The van der Waals surface area contributed by atoms with Crippen LogP contribution in [0.1, 0.15) is 17.2 Å². The van der Waals surface area contributed by atoms with Crippen LogP contribution in [0.25, 0.3) is 0 Å². The number of ether oxygens (including phenoxy) is 3. The highest BCUT2D eigenvalue weighted by Crippen LogP contribution is 2.29. The SMILES string of the molecule is COc1ccc(C(NC(=O)Cc2c(OC)cccc2OC)C(=O)O)cc1. The van der Waals surface area contributed by atoms with Gasteiger partial charge in [-0.2, -0.15) is 0 Å². The number of aliphatic carboxylic acids is 1. The first-order valence-corrected chi connectivity index (χ1v) is 7.86. The van der Waals surface area contributed by atoms with E-state index in [1.165, 1.54) is 21.3 Å². The molecule has 0 bridgehead atoms. The molecule has 7 heteroatoms. The fourth-order valence-electron chi connectivity index (χ4n) is 2.56. The number of hydrogen-bond donors (Lipinski definition) is 2. The number of carbonyl (C=O) groups is 2. The third-order valence-corrected chi connectivity index (χ3v) is 3.87. The molecule has 7 nitrogen and oxygen atoms in total. The van der Waals surface area contributed by atoms with E-state index in [0.29, 0.717) is 28.4 Å². The van der Waals surface area contributed by atoms with E-state index in [4.69, 9.17) is 14.2 Å². The van der Waals surface area contributed by atoms with Crippen LogP contribution in [0, 0.1) is 0 Å². The van der Waals surface area contributed by atoms with Crippen molar-refractivity contribution in [2.75, 3.05) is 21.3 Å². The van der Waals surface area contributed by atoms with Gasteiger partial charge in [-0.25, -0.2) is 4.79 Å². The van der Waals surface area contributed by atoms with Crippen LogP contribution in [0.2, 0.25) is 0 Å². The zero-order valence-electron chi connectivity index (χ0n) is 14.8. The smallest absolute Gasteiger partial charge is 0.330 e. The van der Waals surface area contributed by atoms with E-state index >= 15 is 0 Å². The van der Waals surface area contributed by atoms with Gasteiger partial charge in [0.2, 0.25) is 5.91 Å². The molecule has 2 N–H and O–H groups in total. The Morgan fingerprint density at radius 1 is 0.962 bits per heavy atom. The van der Waals surface area contributed by atoms with Crippen molar-refractivity contribution in [1.29, 1.82) is 0 Å². The van der Waals surface area contributed by atoms with Crippen molar-refractivity contribution in [3.63, 3.8) is 0 Å². The summed E-state index contributed by atoms with van der Waals surface area (Å²) in [5.74, 6) is -0.0267. The van der Waals surface area contributed by atoms with Crippen LogP contribution in [0.15, 0.2) is 42.5 Å². The molecule has 2 aromatic carbocycles. The summed E-state index contributed by atoms with van der Waals surface area (Å²) in [7, 11) is 4.51. The highest BCUT2D eigenvalue weighted by Gasteiger charge is 2.23. The molecular weight excluding hydrogens is 338 g/mol. The van der Waals surface area contributed by atoms with Crippen LogP contribution in [-0.2, 0) is 16.0 Å². The van der Waals surface area contributed by atoms with Gasteiger partial charge in [0.1, 0.15) is 17.2 Å². The number of amides is 1. The van der Waals surface area contributed by atoms with Gasteiger partial charge in [-0.1, -0.05) is 18.2 Å². The van der Waals surface area contributed by atoms with Crippen molar-refractivity contribution in [2.45, 2.75) is 12.5 Å². The summed E-state index contributed by atoms with van der Waals surface area (Å²) >= 11 is 0. The predicted molar refractivity (Wildman–Crippen MR) is 94.8 cm³/mol. The van der Waals surface area contributed by atoms with Crippen molar-refractivity contribution < 1.29 is 28.9 Å². The minimum absolute atomic E-state index is 0.0763. The van der Waals surface area contributed by atoms with Crippen LogP contribution in [0.3, 0.4) is 0 Å². The van der Waals surface area contributed by atoms with E-state index in [9.17, 15) is 14.7 Å². The Morgan fingerprint density at radius 3 is 2.00 bits per heavy atom. The normalized spacial score (nSPS) is 11.3. The Morgan fingerprint density at radius 2 is 1.54 bits per heavy atom. The minimum Gasteiger partial charge on any atom is -0.497 e. The van der Waals surface area contributed by atoms with Gasteiger partial charge in [-0.05, 0) is 29.8 Å². The van der Waals surface area contributed by atoms with Crippen LogP contribution in [0.4, 0.5) is 0 Å². The molecule has 2 aromatic rings. The quantitative estimate of drug-likeness (QED) is 0.750. The first kappa shape index (κ1) is 19.1. The first-order chi connectivity index (χ1) is 12.5. The molecule has 1 unspecified atom stereocenters. The fraction of sp³-hybridized carbons (Fsp3) is 0.263. The predicted octanol–water partition coefficient (Wildman–Crippen LogP) is 2.20. The molecule has 2 rings (SSSR count). The van der Waals surface area contributed by atoms with Crippen molar-refractivity contribution in [2.24, 2.45) is 0 Å². The lowest BCUT2D eigenvalue weighted by Crippen LogP contribution is -2.34. The van der Waals surface area contributed by atoms with Gasteiger partial charge < -0.3 is 24.6 Å². The van der Waals surface area contributed by atoms with E-state index in [1.807, 2.05) is 0 Å². The molecule has 0 fully saturated rings. The van der Waals surface area contributed by atoms with Gasteiger partial charge >= 0.3 is 5.97 Å². The lowest BCUT2D eigenvalue weighted by atomic mass is 10.1. The zero-order chi connectivity index (χ0) is 19.1. The highest BCUT2D eigenvalue weighted by molar-refractivity contribution is 5.86. The van der Waals surface area contributed by atoms with Crippen LogP contribution in [0.5, 0.6) is 17.2 Å². The number of rotatable bonds is 8. The topological polar surface area (TPSA) is 94.1 Å². The average Bonchev–Trinajstić information content (AvgIpc) is 2.66. The van der Waals surface area contributed by atoms with Gasteiger partial charge in [0.15, 0.2) is 6.04 Å². The van der Waals surface area contributed by atoms with Crippen molar-refractivity contribution in [3.8, 4) is 17.2 Å². The molecule has 0 aromatic heterocycles. The summed E-state index contributed by atoms with van der Waals surface area (Å²) < 4.78 is 15.6. The van der Waals surface area contributed by atoms with Gasteiger partial charge in [0.25, 0.3) is 0 Å². The molecule has 1 atom stereocenters. The monoisotopic (exact) mass is 359 g/mol. The average molecular weight is 359 g/mol. The van der Waals surface area contributed by atoms with Gasteiger partial charge in [0, 0.05) is 5.56 Å². The molecule has 0 radical (unpaired) electrons. The molecular formula is C19H21NO6. The first-order valence-electron chi connectivity index (χ1n) is 7.86. The number of nitrogens with one attached hydrogen (secondary N) is 1. The molecule has 0 saturated heterocycles.